The quantitative estimate of drug-likeness (QED) is 0.322. The van der Waals surface area contributed by atoms with E-state index in [4.69, 9.17) is 15.9 Å². The normalized spacial score (nSPS) is 14.0. The molecule has 7 N–H and O–H groups in total. The fourth-order valence-electron chi connectivity index (χ4n) is 2.82. The van der Waals surface area contributed by atoms with Crippen LogP contribution in [-0.4, -0.2) is 57.1 Å². The van der Waals surface area contributed by atoms with Gasteiger partial charge in [0, 0.05) is 23.5 Å². The minimum Gasteiger partial charge on any atom is -0.481 e. The number of nitrogens with two attached hydrogens (primary N) is 1. The van der Waals surface area contributed by atoms with E-state index in [1.165, 1.54) is 6.92 Å². The highest BCUT2D eigenvalue weighted by molar-refractivity contribution is 5.92. The molecule has 1 heterocycles. The number of H-pyrrole nitrogens is 1. The summed E-state index contributed by atoms with van der Waals surface area (Å²) in [5.41, 5.74) is 7.71. The summed E-state index contributed by atoms with van der Waals surface area (Å²) in [6, 6.07) is 4.13. The highest BCUT2D eigenvalue weighted by atomic mass is 16.4. The molecule has 0 aliphatic heterocycles. The Kier molecular flexibility index (Phi) is 7.32. The fraction of sp³-hybridized carbons (Fsp3) is 0.368. The molecular formula is C19H24N4O6. The van der Waals surface area contributed by atoms with E-state index in [2.05, 4.69) is 15.6 Å². The van der Waals surface area contributed by atoms with Crippen LogP contribution in [0.2, 0.25) is 0 Å². The molecule has 156 valence electrons. The fourth-order valence-corrected chi connectivity index (χ4v) is 2.82. The van der Waals surface area contributed by atoms with E-state index < -0.39 is 41.9 Å². The molecule has 0 radical (unpaired) electrons. The minimum absolute atomic E-state index is 0.195. The molecule has 0 saturated carbocycles. The third-order valence-corrected chi connectivity index (χ3v) is 4.46. The number of aromatic amines is 1. The molecule has 10 heteroatoms. The van der Waals surface area contributed by atoms with Gasteiger partial charge in [0.05, 0.1) is 6.04 Å². The molecule has 3 atom stereocenters. The third kappa shape index (κ3) is 6.04. The van der Waals surface area contributed by atoms with Crippen LogP contribution in [0.15, 0.2) is 30.5 Å². The number of carboxylic acid groups (broad SMARTS) is 2. The third-order valence-electron chi connectivity index (χ3n) is 4.46. The summed E-state index contributed by atoms with van der Waals surface area (Å²) in [6.45, 7) is 1.26. The summed E-state index contributed by atoms with van der Waals surface area (Å²) in [4.78, 5) is 49.6. The highest BCUT2D eigenvalue weighted by Gasteiger charge is 2.27. The van der Waals surface area contributed by atoms with Crippen LogP contribution < -0.4 is 16.4 Å². The van der Waals surface area contributed by atoms with Crippen molar-refractivity contribution in [3.63, 3.8) is 0 Å². The van der Waals surface area contributed by atoms with Gasteiger partial charge in [-0.05, 0) is 31.4 Å². The van der Waals surface area contributed by atoms with Gasteiger partial charge in [-0.25, -0.2) is 0 Å². The Morgan fingerprint density at radius 3 is 2.45 bits per heavy atom. The van der Waals surface area contributed by atoms with Gasteiger partial charge in [-0.1, -0.05) is 18.2 Å². The maximum Gasteiger partial charge on any atom is 0.325 e. The van der Waals surface area contributed by atoms with Crippen LogP contribution in [0.25, 0.3) is 10.9 Å². The van der Waals surface area contributed by atoms with Crippen molar-refractivity contribution in [2.45, 2.75) is 44.3 Å². The molecule has 10 nitrogen and oxygen atoms in total. The van der Waals surface area contributed by atoms with Crippen LogP contribution in [0, 0.1) is 0 Å². The first kappa shape index (κ1) is 21.9. The number of hydrogen-bond acceptors (Lipinski definition) is 5. The Hall–Kier alpha value is -3.40. The molecule has 2 amide bonds. The molecule has 0 aliphatic rings. The van der Waals surface area contributed by atoms with Gasteiger partial charge in [-0.3, -0.25) is 19.2 Å². The summed E-state index contributed by atoms with van der Waals surface area (Å²) < 4.78 is 0. The van der Waals surface area contributed by atoms with Crippen LogP contribution in [0.3, 0.4) is 0 Å². The summed E-state index contributed by atoms with van der Waals surface area (Å²) in [7, 11) is 0. The van der Waals surface area contributed by atoms with Gasteiger partial charge in [-0.15, -0.1) is 0 Å². The Morgan fingerprint density at radius 2 is 1.79 bits per heavy atom. The van der Waals surface area contributed by atoms with Crippen molar-refractivity contribution in [1.29, 1.82) is 0 Å². The van der Waals surface area contributed by atoms with Gasteiger partial charge < -0.3 is 31.6 Å². The van der Waals surface area contributed by atoms with Crippen LogP contribution >= 0.6 is 0 Å². The Bertz CT molecular complexity index is 909. The van der Waals surface area contributed by atoms with Crippen molar-refractivity contribution in [3.8, 4) is 0 Å². The molecule has 0 aliphatic carbocycles. The van der Waals surface area contributed by atoms with E-state index >= 15 is 0 Å². The van der Waals surface area contributed by atoms with E-state index in [0.29, 0.717) is 0 Å². The first-order chi connectivity index (χ1) is 13.7. The standard InChI is InChI=1S/C19H24N4O6/c1-10(19(28)29)22-18(27)15(6-7-16(24)25)23-17(26)13(20)8-11-9-21-14-5-3-2-4-12(11)14/h2-5,9-10,13,15,21H,6-8,20H2,1H3,(H,22,27)(H,23,26)(H,24,25)(H,28,29). The van der Waals surface area contributed by atoms with Crippen molar-refractivity contribution >= 4 is 34.7 Å². The lowest BCUT2D eigenvalue weighted by Gasteiger charge is -2.21. The van der Waals surface area contributed by atoms with Gasteiger partial charge in [0.25, 0.3) is 0 Å². The number of carboxylic acids is 2. The maximum absolute atomic E-state index is 12.5. The lowest BCUT2D eigenvalue weighted by atomic mass is 10.0. The second kappa shape index (κ2) is 9.69. The molecule has 1 aromatic heterocycles. The summed E-state index contributed by atoms with van der Waals surface area (Å²) in [6.07, 6.45) is 1.38. The predicted octanol–water partition coefficient (Wildman–Crippen LogP) is -0.0234. The molecule has 2 rings (SSSR count). The SMILES string of the molecule is CC(NC(=O)C(CCC(=O)O)NC(=O)C(N)Cc1c[nH]c2ccccc12)C(=O)O. The van der Waals surface area contributed by atoms with Crippen molar-refractivity contribution < 1.29 is 29.4 Å². The van der Waals surface area contributed by atoms with Crippen LogP contribution in [0.4, 0.5) is 0 Å². The lowest BCUT2D eigenvalue weighted by molar-refractivity contribution is -0.142. The number of benzene rings is 1. The van der Waals surface area contributed by atoms with Crippen LogP contribution in [0.5, 0.6) is 0 Å². The number of aromatic nitrogens is 1. The molecule has 3 unspecified atom stereocenters. The maximum atomic E-state index is 12.5. The van der Waals surface area contributed by atoms with Gasteiger partial charge in [0.15, 0.2) is 0 Å². The average molecular weight is 404 g/mol. The first-order valence-electron chi connectivity index (χ1n) is 9.05. The lowest BCUT2D eigenvalue weighted by Crippen LogP contribution is -2.54. The van der Waals surface area contributed by atoms with Gasteiger partial charge in [0.1, 0.15) is 12.1 Å². The molecule has 0 bridgehead atoms. The zero-order chi connectivity index (χ0) is 21.6. The number of para-hydroxylation sites is 1. The van der Waals surface area contributed by atoms with E-state index in [1.807, 2.05) is 24.3 Å². The number of fused-ring (bicyclic) bond motifs is 1. The highest BCUT2D eigenvalue weighted by Crippen LogP contribution is 2.18. The number of carbonyl (C=O) groups excluding carboxylic acids is 2. The summed E-state index contributed by atoms with van der Waals surface area (Å²) in [5, 5.41) is 23.4. The van der Waals surface area contributed by atoms with Crippen molar-refractivity contribution in [1.82, 2.24) is 15.6 Å². The molecule has 0 fully saturated rings. The van der Waals surface area contributed by atoms with Crippen molar-refractivity contribution in [2.75, 3.05) is 0 Å². The van der Waals surface area contributed by atoms with E-state index in [9.17, 15) is 19.2 Å². The molecule has 2 aromatic rings. The molecule has 0 saturated heterocycles. The van der Waals surface area contributed by atoms with Crippen LogP contribution in [-0.2, 0) is 25.6 Å². The minimum atomic E-state index is -1.25. The van der Waals surface area contributed by atoms with Gasteiger partial charge in [-0.2, -0.15) is 0 Å². The number of carbonyl (C=O) groups is 4. The molecule has 1 aromatic carbocycles. The smallest absolute Gasteiger partial charge is 0.325 e. The summed E-state index contributed by atoms with van der Waals surface area (Å²) >= 11 is 0. The number of aliphatic carboxylic acids is 2. The zero-order valence-corrected chi connectivity index (χ0v) is 15.8. The topological polar surface area (TPSA) is 175 Å². The average Bonchev–Trinajstić information content (AvgIpc) is 3.07. The van der Waals surface area contributed by atoms with Crippen molar-refractivity contribution in [2.24, 2.45) is 5.73 Å². The van der Waals surface area contributed by atoms with E-state index in [-0.39, 0.29) is 19.3 Å². The molecular weight excluding hydrogens is 380 g/mol. The molecule has 0 spiro atoms. The zero-order valence-electron chi connectivity index (χ0n) is 15.8. The Morgan fingerprint density at radius 1 is 1.10 bits per heavy atom. The van der Waals surface area contributed by atoms with Crippen molar-refractivity contribution in [3.05, 3.63) is 36.0 Å². The summed E-state index contributed by atoms with van der Waals surface area (Å²) in [5.74, 6) is -3.82. The van der Waals surface area contributed by atoms with Gasteiger partial charge >= 0.3 is 11.9 Å². The van der Waals surface area contributed by atoms with E-state index in [1.54, 1.807) is 6.20 Å². The second-order valence-corrected chi connectivity index (χ2v) is 6.73. The molecule has 29 heavy (non-hydrogen) atoms. The number of hydrogen-bond donors (Lipinski definition) is 6. The van der Waals surface area contributed by atoms with E-state index in [0.717, 1.165) is 16.5 Å². The largest absolute Gasteiger partial charge is 0.481 e. The Labute approximate surface area is 166 Å². The monoisotopic (exact) mass is 404 g/mol. The van der Waals surface area contributed by atoms with Crippen LogP contribution in [0.1, 0.15) is 25.3 Å². The second-order valence-electron chi connectivity index (χ2n) is 6.73. The number of nitrogens with one attached hydrogen (secondary N) is 3. The van der Waals surface area contributed by atoms with Gasteiger partial charge in [0.2, 0.25) is 11.8 Å². The first-order valence-corrected chi connectivity index (χ1v) is 9.05. The predicted molar refractivity (Wildman–Crippen MR) is 104 cm³/mol. The number of rotatable bonds is 10. The Balaban J connectivity index is 2.05. The number of amides is 2.